The lowest BCUT2D eigenvalue weighted by Crippen LogP contribution is -2.38. The van der Waals surface area contributed by atoms with Crippen LogP contribution in [-0.2, 0) is 11.3 Å². The van der Waals surface area contributed by atoms with Gasteiger partial charge in [0.05, 0.1) is 18.8 Å². The predicted molar refractivity (Wildman–Crippen MR) is 109 cm³/mol. The second kappa shape index (κ2) is 8.30. The summed E-state index contributed by atoms with van der Waals surface area (Å²) >= 11 is 0. The third-order valence-corrected chi connectivity index (χ3v) is 5.03. The minimum Gasteiger partial charge on any atom is -0.478 e. The van der Waals surface area contributed by atoms with Crippen molar-refractivity contribution in [3.63, 3.8) is 0 Å². The number of hydrogen-bond donors (Lipinski definition) is 1. The van der Waals surface area contributed by atoms with Crippen LogP contribution in [0.4, 0.5) is 0 Å². The molecule has 0 saturated carbocycles. The van der Waals surface area contributed by atoms with E-state index in [-0.39, 0.29) is 5.56 Å². The summed E-state index contributed by atoms with van der Waals surface area (Å²) in [6, 6.07) is 15.1. The summed E-state index contributed by atoms with van der Waals surface area (Å²) in [5.41, 5.74) is 2.77. The van der Waals surface area contributed by atoms with Gasteiger partial charge in [0.1, 0.15) is 0 Å². The molecule has 0 unspecified atom stereocenters. The molecule has 0 aliphatic carbocycles. The zero-order valence-corrected chi connectivity index (χ0v) is 15.6. The number of carboxylic acids is 1. The number of fused-ring (bicyclic) bond motifs is 1. The molecule has 1 aliphatic rings. The van der Waals surface area contributed by atoms with Crippen LogP contribution >= 0.6 is 0 Å². The van der Waals surface area contributed by atoms with E-state index in [0.29, 0.717) is 5.56 Å². The van der Waals surface area contributed by atoms with Gasteiger partial charge < -0.3 is 14.4 Å². The highest BCUT2D eigenvalue weighted by Crippen LogP contribution is 2.18. The Morgan fingerprint density at radius 1 is 1.04 bits per heavy atom. The molecule has 1 aromatic heterocycles. The molecule has 0 radical (unpaired) electrons. The molecule has 1 saturated heterocycles. The van der Waals surface area contributed by atoms with Crippen LogP contribution in [0.5, 0.6) is 0 Å². The van der Waals surface area contributed by atoms with Gasteiger partial charge in [-0.15, -0.1) is 0 Å². The number of hydrogen-bond acceptors (Lipinski definition) is 3. The van der Waals surface area contributed by atoms with Crippen LogP contribution in [-0.4, -0.2) is 53.4 Å². The third-order valence-electron chi connectivity index (χ3n) is 5.03. The number of nitrogens with zero attached hydrogens (tertiary/aromatic N) is 2. The van der Waals surface area contributed by atoms with Crippen molar-refractivity contribution in [1.29, 1.82) is 0 Å². The van der Waals surface area contributed by atoms with Gasteiger partial charge in [-0.2, -0.15) is 0 Å². The van der Waals surface area contributed by atoms with Gasteiger partial charge in [0.15, 0.2) is 0 Å². The van der Waals surface area contributed by atoms with Crippen LogP contribution in [0.25, 0.3) is 10.9 Å². The van der Waals surface area contributed by atoms with Crippen molar-refractivity contribution in [3.8, 4) is 11.8 Å². The third kappa shape index (κ3) is 4.09. The lowest BCUT2D eigenvalue weighted by Gasteiger charge is -2.26. The summed E-state index contributed by atoms with van der Waals surface area (Å²) in [6.07, 6.45) is 2.11. The van der Waals surface area contributed by atoms with Gasteiger partial charge in [-0.05, 0) is 35.7 Å². The van der Waals surface area contributed by atoms with E-state index in [4.69, 9.17) is 4.74 Å². The van der Waals surface area contributed by atoms with Crippen LogP contribution in [0.1, 0.15) is 21.5 Å². The standard InChI is InChI=1S/C23H22N2O3/c26-23(27)21-4-2-1-3-19(21)7-5-18-6-8-20-9-10-25(22(20)17-18)12-11-24-13-15-28-16-14-24/h1-4,6,8-10,17H,11-16H2,(H,26,27). The van der Waals surface area contributed by atoms with E-state index < -0.39 is 5.97 Å². The van der Waals surface area contributed by atoms with Gasteiger partial charge in [-0.3, -0.25) is 4.90 Å². The summed E-state index contributed by atoms with van der Waals surface area (Å²) in [7, 11) is 0. The monoisotopic (exact) mass is 374 g/mol. The first-order chi connectivity index (χ1) is 13.7. The molecule has 5 nitrogen and oxygen atoms in total. The summed E-state index contributed by atoms with van der Waals surface area (Å²) in [4.78, 5) is 13.8. The van der Waals surface area contributed by atoms with Crippen molar-refractivity contribution in [3.05, 3.63) is 71.4 Å². The van der Waals surface area contributed by atoms with E-state index in [1.807, 2.05) is 6.07 Å². The quantitative estimate of drug-likeness (QED) is 0.713. The Hall–Kier alpha value is -3.07. The molecule has 2 heterocycles. The highest BCUT2D eigenvalue weighted by molar-refractivity contribution is 5.90. The Morgan fingerprint density at radius 2 is 1.86 bits per heavy atom. The Morgan fingerprint density at radius 3 is 2.68 bits per heavy atom. The number of carbonyl (C=O) groups is 1. The molecule has 0 atom stereocenters. The smallest absolute Gasteiger partial charge is 0.336 e. The molecule has 1 N–H and O–H groups in total. The second-order valence-electron chi connectivity index (χ2n) is 6.84. The number of benzene rings is 2. The molecular weight excluding hydrogens is 352 g/mol. The number of ether oxygens (including phenoxy) is 1. The molecule has 5 heteroatoms. The van der Waals surface area contributed by atoms with Crippen molar-refractivity contribution in [2.24, 2.45) is 0 Å². The molecule has 3 aromatic rings. The van der Waals surface area contributed by atoms with E-state index in [2.05, 4.69) is 45.7 Å². The Kier molecular flexibility index (Phi) is 5.43. The molecule has 1 aliphatic heterocycles. The number of rotatable bonds is 4. The molecule has 1 fully saturated rings. The second-order valence-corrected chi connectivity index (χ2v) is 6.84. The first-order valence-electron chi connectivity index (χ1n) is 9.44. The zero-order valence-electron chi connectivity index (χ0n) is 15.6. The minimum atomic E-state index is -0.961. The molecule has 0 bridgehead atoms. The summed E-state index contributed by atoms with van der Waals surface area (Å²) < 4.78 is 7.66. The fraction of sp³-hybridized carbons (Fsp3) is 0.261. The van der Waals surface area contributed by atoms with E-state index in [1.54, 1.807) is 24.3 Å². The number of carboxylic acid groups (broad SMARTS) is 1. The maximum atomic E-state index is 11.3. The SMILES string of the molecule is O=C(O)c1ccccc1C#Cc1ccc2ccn(CCN3CCOCC3)c2c1. The van der Waals surface area contributed by atoms with Crippen LogP contribution in [0.15, 0.2) is 54.7 Å². The van der Waals surface area contributed by atoms with E-state index in [0.717, 1.165) is 50.5 Å². The van der Waals surface area contributed by atoms with Crippen LogP contribution in [0, 0.1) is 11.8 Å². The van der Waals surface area contributed by atoms with Gasteiger partial charge >= 0.3 is 5.97 Å². The molecule has 4 rings (SSSR count). The largest absolute Gasteiger partial charge is 0.478 e. The molecule has 0 spiro atoms. The summed E-state index contributed by atoms with van der Waals surface area (Å²) in [5.74, 6) is 5.17. The van der Waals surface area contributed by atoms with Crippen molar-refractivity contribution in [2.45, 2.75) is 6.54 Å². The van der Waals surface area contributed by atoms with E-state index in [9.17, 15) is 9.90 Å². The average Bonchev–Trinajstić information content (AvgIpc) is 3.14. The maximum Gasteiger partial charge on any atom is 0.336 e. The predicted octanol–water partition coefficient (Wildman–Crippen LogP) is 3.07. The molecule has 2 aromatic carbocycles. The molecule has 28 heavy (non-hydrogen) atoms. The first-order valence-corrected chi connectivity index (χ1v) is 9.44. The van der Waals surface area contributed by atoms with Crippen LogP contribution < -0.4 is 0 Å². The topological polar surface area (TPSA) is 54.7 Å². The van der Waals surface area contributed by atoms with E-state index >= 15 is 0 Å². The van der Waals surface area contributed by atoms with Crippen molar-refractivity contribution >= 4 is 16.9 Å². The zero-order chi connectivity index (χ0) is 19.3. The number of aromatic carboxylic acids is 1. The molecular formula is C23H22N2O3. The van der Waals surface area contributed by atoms with Crippen molar-refractivity contribution < 1.29 is 14.6 Å². The summed E-state index contributed by atoms with van der Waals surface area (Å²) in [5, 5.41) is 10.5. The van der Waals surface area contributed by atoms with Gasteiger partial charge in [0.2, 0.25) is 0 Å². The molecule has 0 amide bonds. The van der Waals surface area contributed by atoms with Gasteiger partial charge in [-0.1, -0.05) is 30.0 Å². The summed E-state index contributed by atoms with van der Waals surface area (Å²) in [6.45, 7) is 5.50. The Balaban J connectivity index is 1.56. The van der Waals surface area contributed by atoms with Crippen molar-refractivity contribution in [2.75, 3.05) is 32.8 Å². The van der Waals surface area contributed by atoms with Gasteiger partial charge in [0.25, 0.3) is 0 Å². The lowest BCUT2D eigenvalue weighted by atomic mass is 10.1. The Labute approximate surface area is 164 Å². The fourth-order valence-electron chi connectivity index (χ4n) is 3.45. The number of morpholine rings is 1. The molecule has 142 valence electrons. The normalized spacial score (nSPS) is 14.6. The van der Waals surface area contributed by atoms with Gasteiger partial charge in [-0.25, -0.2) is 4.79 Å². The number of aromatic nitrogens is 1. The fourth-order valence-corrected chi connectivity index (χ4v) is 3.45. The maximum absolute atomic E-state index is 11.3. The van der Waals surface area contributed by atoms with Crippen molar-refractivity contribution in [1.82, 2.24) is 9.47 Å². The van der Waals surface area contributed by atoms with E-state index in [1.165, 1.54) is 5.39 Å². The Bertz CT molecular complexity index is 1050. The lowest BCUT2D eigenvalue weighted by molar-refractivity contribution is 0.0365. The highest BCUT2D eigenvalue weighted by Gasteiger charge is 2.11. The minimum absolute atomic E-state index is 0.227. The average molecular weight is 374 g/mol. The highest BCUT2D eigenvalue weighted by atomic mass is 16.5. The van der Waals surface area contributed by atoms with Crippen LogP contribution in [0.3, 0.4) is 0 Å². The van der Waals surface area contributed by atoms with Crippen LogP contribution in [0.2, 0.25) is 0 Å². The first kappa shape index (κ1) is 18.3. The van der Waals surface area contributed by atoms with Gasteiger partial charge in [0, 0.05) is 49.0 Å².